The number of fused-ring (bicyclic) bond motifs is 1. The maximum atomic E-state index is 13.7. The lowest BCUT2D eigenvalue weighted by atomic mass is 10.2. The molecule has 1 N–H and O–H groups in total. The predicted octanol–water partition coefficient (Wildman–Crippen LogP) is 1.82. The average Bonchev–Trinajstić information content (AvgIpc) is 3.15. The summed E-state index contributed by atoms with van der Waals surface area (Å²) in [7, 11) is 1.58. The fourth-order valence-corrected chi connectivity index (χ4v) is 2.96. The highest BCUT2D eigenvalue weighted by molar-refractivity contribution is 5.90. The summed E-state index contributed by atoms with van der Waals surface area (Å²) in [5.74, 6) is -0.424. The third-order valence-corrected chi connectivity index (χ3v) is 4.42. The molecule has 0 aliphatic carbocycles. The number of hydrogen-bond acceptors (Lipinski definition) is 6. The van der Waals surface area contributed by atoms with Crippen molar-refractivity contribution >= 4 is 22.8 Å². The van der Waals surface area contributed by atoms with Gasteiger partial charge >= 0.3 is 0 Å². The number of methoxy groups -OCH3 is 1. The quantitative estimate of drug-likeness (QED) is 0.522. The van der Waals surface area contributed by atoms with Gasteiger partial charge in [-0.1, -0.05) is 29.5 Å². The molecule has 0 unspecified atom stereocenters. The zero-order valence-electron chi connectivity index (χ0n) is 15.9. The van der Waals surface area contributed by atoms with E-state index in [1.165, 1.54) is 29.2 Å². The van der Waals surface area contributed by atoms with Crippen LogP contribution in [0.15, 0.2) is 59.7 Å². The van der Waals surface area contributed by atoms with Crippen molar-refractivity contribution in [3.63, 3.8) is 0 Å². The van der Waals surface area contributed by atoms with Crippen LogP contribution in [0.2, 0.25) is 0 Å². The summed E-state index contributed by atoms with van der Waals surface area (Å²) in [6.45, 7) is 0.0107. The van der Waals surface area contributed by atoms with Gasteiger partial charge in [0, 0.05) is 0 Å². The van der Waals surface area contributed by atoms with E-state index in [1.54, 1.807) is 13.2 Å². The van der Waals surface area contributed by atoms with Gasteiger partial charge in [-0.15, -0.1) is 5.10 Å². The molecular formula is C20H17FN6O3. The van der Waals surface area contributed by atoms with E-state index < -0.39 is 17.3 Å². The van der Waals surface area contributed by atoms with Crippen LogP contribution < -0.4 is 15.6 Å². The molecule has 1 amide bonds. The van der Waals surface area contributed by atoms with Gasteiger partial charge < -0.3 is 10.1 Å². The highest BCUT2D eigenvalue weighted by atomic mass is 19.1. The second-order valence-corrected chi connectivity index (χ2v) is 6.48. The molecule has 0 fully saturated rings. The standard InChI is InChI=1S/C20H17FN6O3/c1-30-14-6-4-5-13(9-14)10-27-19-18(24-25-27)20(29)26(12-22-19)11-17(28)23-16-8-3-2-7-15(16)21/h2-9,12H,10-11H2,1H3,(H,23,28). The van der Waals surface area contributed by atoms with E-state index in [4.69, 9.17) is 4.74 Å². The second-order valence-electron chi connectivity index (χ2n) is 6.48. The highest BCUT2D eigenvalue weighted by Crippen LogP contribution is 2.15. The van der Waals surface area contributed by atoms with Crippen molar-refractivity contribution in [3.05, 3.63) is 76.6 Å². The smallest absolute Gasteiger partial charge is 0.283 e. The molecule has 0 aliphatic rings. The number of nitrogens with zero attached hydrogens (tertiary/aromatic N) is 5. The molecule has 30 heavy (non-hydrogen) atoms. The Hall–Kier alpha value is -4.08. The zero-order chi connectivity index (χ0) is 21.1. The van der Waals surface area contributed by atoms with Crippen LogP contribution in [-0.2, 0) is 17.9 Å². The Morgan fingerprint density at radius 2 is 2.03 bits per heavy atom. The van der Waals surface area contributed by atoms with Gasteiger partial charge in [0.1, 0.15) is 24.4 Å². The summed E-state index contributed by atoms with van der Waals surface area (Å²) >= 11 is 0. The molecule has 9 nitrogen and oxygen atoms in total. The van der Waals surface area contributed by atoms with E-state index in [0.29, 0.717) is 17.9 Å². The molecule has 2 aromatic carbocycles. The van der Waals surface area contributed by atoms with Crippen LogP contribution in [0.4, 0.5) is 10.1 Å². The van der Waals surface area contributed by atoms with Crippen LogP contribution in [0, 0.1) is 5.82 Å². The number of ether oxygens (including phenoxy) is 1. The first-order chi connectivity index (χ1) is 14.5. The van der Waals surface area contributed by atoms with Gasteiger partial charge in [0.25, 0.3) is 5.56 Å². The summed E-state index contributed by atoms with van der Waals surface area (Å²) in [5.41, 5.74) is 0.762. The maximum Gasteiger partial charge on any atom is 0.283 e. The minimum Gasteiger partial charge on any atom is -0.497 e. The summed E-state index contributed by atoms with van der Waals surface area (Å²) in [6.07, 6.45) is 1.25. The number of halogens is 1. The van der Waals surface area contributed by atoms with E-state index in [9.17, 15) is 14.0 Å². The first-order valence-corrected chi connectivity index (χ1v) is 9.01. The molecule has 0 saturated carbocycles. The van der Waals surface area contributed by atoms with Crippen molar-refractivity contribution in [1.29, 1.82) is 0 Å². The molecule has 0 radical (unpaired) electrons. The molecule has 152 valence electrons. The number of amides is 1. The van der Waals surface area contributed by atoms with Gasteiger partial charge in [0.2, 0.25) is 5.91 Å². The Balaban J connectivity index is 1.55. The van der Waals surface area contributed by atoms with Crippen molar-refractivity contribution < 1.29 is 13.9 Å². The largest absolute Gasteiger partial charge is 0.497 e. The molecular weight excluding hydrogens is 391 g/mol. The third kappa shape index (κ3) is 3.88. The van der Waals surface area contributed by atoms with E-state index in [2.05, 4.69) is 20.6 Å². The molecule has 0 spiro atoms. The van der Waals surface area contributed by atoms with E-state index in [-0.39, 0.29) is 17.7 Å². The Bertz CT molecular complexity index is 1280. The van der Waals surface area contributed by atoms with Gasteiger partial charge in [0.15, 0.2) is 11.2 Å². The van der Waals surface area contributed by atoms with Crippen molar-refractivity contribution in [1.82, 2.24) is 24.5 Å². The monoisotopic (exact) mass is 408 g/mol. The minimum absolute atomic E-state index is 0.0359. The molecule has 0 atom stereocenters. The lowest BCUT2D eigenvalue weighted by molar-refractivity contribution is -0.116. The van der Waals surface area contributed by atoms with Crippen molar-refractivity contribution in [2.24, 2.45) is 0 Å². The van der Waals surface area contributed by atoms with Crippen LogP contribution in [-0.4, -0.2) is 37.6 Å². The number of carbonyl (C=O) groups is 1. The molecule has 4 aromatic rings. The summed E-state index contributed by atoms with van der Waals surface area (Å²) in [6, 6.07) is 13.2. The fourth-order valence-electron chi connectivity index (χ4n) is 2.96. The first kappa shape index (κ1) is 19.2. The van der Waals surface area contributed by atoms with Crippen molar-refractivity contribution in [3.8, 4) is 5.75 Å². The number of hydrogen-bond donors (Lipinski definition) is 1. The molecule has 0 bridgehead atoms. The Kier molecular flexibility index (Phi) is 5.21. The van der Waals surface area contributed by atoms with Gasteiger partial charge in [-0.2, -0.15) is 0 Å². The number of anilines is 1. The Morgan fingerprint density at radius 1 is 1.20 bits per heavy atom. The van der Waals surface area contributed by atoms with E-state index in [1.807, 2.05) is 24.3 Å². The van der Waals surface area contributed by atoms with Crippen LogP contribution in [0.5, 0.6) is 5.75 Å². The SMILES string of the molecule is COc1cccc(Cn2nnc3c(=O)n(CC(=O)Nc4ccccc4F)cnc32)c1. The van der Waals surface area contributed by atoms with Crippen LogP contribution in [0.25, 0.3) is 11.2 Å². The van der Waals surface area contributed by atoms with Crippen LogP contribution in [0.1, 0.15) is 5.56 Å². The lowest BCUT2D eigenvalue weighted by Gasteiger charge is -2.08. The molecule has 0 saturated heterocycles. The van der Waals surface area contributed by atoms with Gasteiger partial charge in [0.05, 0.1) is 19.3 Å². The normalized spacial score (nSPS) is 10.9. The maximum absolute atomic E-state index is 13.7. The average molecular weight is 408 g/mol. The molecule has 10 heteroatoms. The number of aromatic nitrogens is 5. The van der Waals surface area contributed by atoms with Gasteiger partial charge in [-0.25, -0.2) is 14.1 Å². The second kappa shape index (κ2) is 8.11. The molecule has 2 aromatic heterocycles. The number of para-hydroxylation sites is 1. The summed E-state index contributed by atoms with van der Waals surface area (Å²) in [5, 5.41) is 10.4. The van der Waals surface area contributed by atoms with Crippen LogP contribution in [0.3, 0.4) is 0 Å². The minimum atomic E-state index is -0.563. The van der Waals surface area contributed by atoms with Gasteiger partial charge in [-0.3, -0.25) is 14.2 Å². The van der Waals surface area contributed by atoms with Crippen LogP contribution >= 0.6 is 0 Å². The molecule has 4 rings (SSSR count). The number of nitrogens with one attached hydrogen (secondary N) is 1. The fraction of sp³-hybridized carbons (Fsp3) is 0.150. The predicted molar refractivity (Wildman–Crippen MR) is 107 cm³/mol. The number of benzene rings is 2. The molecule has 0 aliphatic heterocycles. The Labute approximate surface area is 169 Å². The topological polar surface area (TPSA) is 104 Å². The lowest BCUT2D eigenvalue weighted by Crippen LogP contribution is -2.28. The third-order valence-electron chi connectivity index (χ3n) is 4.42. The van der Waals surface area contributed by atoms with Crippen molar-refractivity contribution in [2.75, 3.05) is 12.4 Å². The Morgan fingerprint density at radius 3 is 2.83 bits per heavy atom. The number of carbonyl (C=O) groups excluding carboxylic acids is 1. The van der Waals surface area contributed by atoms with E-state index in [0.717, 1.165) is 10.1 Å². The molecule has 2 heterocycles. The summed E-state index contributed by atoms with van der Waals surface area (Å²) < 4.78 is 21.5. The first-order valence-electron chi connectivity index (χ1n) is 9.01. The van der Waals surface area contributed by atoms with Gasteiger partial charge in [-0.05, 0) is 29.8 Å². The number of rotatable bonds is 6. The van der Waals surface area contributed by atoms with E-state index >= 15 is 0 Å². The summed E-state index contributed by atoms with van der Waals surface area (Å²) in [4.78, 5) is 29.1. The highest BCUT2D eigenvalue weighted by Gasteiger charge is 2.15. The van der Waals surface area contributed by atoms with Crippen molar-refractivity contribution in [2.45, 2.75) is 13.1 Å². The zero-order valence-corrected chi connectivity index (χ0v) is 15.9.